The molecule has 0 saturated carbocycles. The van der Waals surface area contributed by atoms with Gasteiger partial charge in [-0.15, -0.1) is 0 Å². The quantitative estimate of drug-likeness (QED) is 0.855. The molecule has 1 aromatic carbocycles. The minimum absolute atomic E-state index is 0.0569. The van der Waals surface area contributed by atoms with Crippen LogP contribution in [0, 0.1) is 0 Å². The first kappa shape index (κ1) is 18.9. The molecule has 2 amide bonds. The van der Waals surface area contributed by atoms with E-state index in [-0.39, 0.29) is 25.9 Å². The van der Waals surface area contributed by atoms with Crippen LogP contribution in [0.5, 0.6) is 0 Å². The van der Waals surface area contributed by atoms with Gasteiger partial charge in [-0.25, -0.2) is 9.89 Å². The number of H-pyrrole nitrogens is 1. The first-order chi connectivity index (χ1) is 12.8. The lowest BCUT2D eigenvalue weighted by molar-refractivity contribution is -0.154. The number of carbonyl (C=O) groups excluding carboxylic acids is 1. The van der Waals surface area contributed by atoms with Crippen LogP contribution in [0.4, 0.5) is 18.0 Å². The molecule has 0 aliphatic carbocycles. The molecule has 9 heteroatoms. The molecule has 6 nitrogen and oxygen atoms in total. The number of fused-ring (bicyclic) bond motifs is 1. The number of halogens is 3. The molecule has 2 heterocycles. The number of nitrogens with one attached hydrogen (secondary N) is 2. The molecular weight excluding hydrogens is 361 g/mol. The number of benzene rings is 1. The summed E-state index contributed by atoms with van der Waals surface area (Å²) in [5.41, 5.74) is 1.56. The van der Waals surface area contributed by atoms with Crippen molar-refractivity contribution in [2.24, 2.45) is 0 Å². The summed E-state index contributed by atoms with van der Waals surface area (Å²) in [5.74, 6) is 0. The van der Waals surface area contributed by atoms with Gasteiger partial charge in [-0.3, -0.25) is 4.79 Å². The SMILES string of the molecule is O=C(NC(CCc1ccccc1)C(F)(F)F)N1CCc2n[nH]c(=O)cc2C1. The van der Waals surface area contributed by atoms with E-state index in [1.165, 1.54) is 11.0 Å². The Labute approximate surface area is 153 Å². The third kappa shape index (κ3) is 4.87. The topological polar surface area (TPSA) is 78.1 Å². The minimum Gasteiger partial charge on any atom is -0.326 e. The molecule has 3 rings (SSSR count). The van der Waals surface area contributed by atoms with Gasteiger partial charge in [0.15, 0.2) is 0 Å². The van der Waals surface area contributed by atoms with Crippen LogP contribution < -0.4 is 10.9 Å². The van der Waals surface area contributed by atoms with Crippen molar-refractivity contribution in [3.8, 4) is 0 Å². The molecule has 1 aromatic heterocycles. The second-order valence-corrected chi connectivity index (χ2v) is 6.44. The second-order valence-electron chi connectivity index (χ2n) is 6.44. The molecule has 144 valence electrons. The number of nitrogens with zero attached hydrogens (tertiary/aromatic N) is 2. The van der Waals surface area contributed by atoms with Crippen molar-refractivity contribution < 1.29 is 18.0 Å². The van der Waals surface area contributed by atoms with Crippen LogP contribution in [0.15, 0.2) is 41.2 Å². The van der Waals surface area contributed by atoms with Gasteiger partial charge in [0.05, 0.1) is 5.69 Å². The Kier molecular flexibility index (Phi) is 5.48. The predicted octanol–water partition coefficient (Wildman–Crippen LogP) is 2.40. The van der Waals surface area contributed by atoms with Gasteiger partial charge in [0.25, 0.3) is 5.56 Å². The third-order valence-corrected chi connectivity index (χ3v) is 4.50. The van der Waals surface area contributed by atoms with E-state index in [0.29, 0.717) is 17.7 Å². The van der Waals surface area contributed by atoms with Gasteiger partial charge in [0.2, 0.25) is 0 Å². The van der Waals surface area contributed by atoms with Crippen LogP contribution in [0.2, 0.25) is 0 Å². The molecular formula is C18H19F3N4O2. The fraction of sp³-hybridized carbons (Fsp3) is 0.389. The Hall–Kier alpha value is -2.84. The van der Waals surface area contributed by atoms with E-state index in [1.54, 1.807) is 30.3 Å². The van der Waals surface area contributed by atoms with Gasteiger partial charge in [0, 0.05) is 31.1 Å². The Morgan fingerprint density at radius 1 is 1.30 bits per heavy atom. The summed E-state index contributed by atoms with van der Waals surface area (Å²) in [7, 11) is 0. The molecule has 0 fully saturated rings. The summed E-state index contributed by atoms with van der Waals surface area (Å²) in [6, 6.07) is 7.40. The standard InChI is InChI=1S/C18H19F3N4O2/c19-18(20,21)15(7-6-12-4-2-1-3-5-12)22-17(27)25-9-8-14-13(11-25)10-16(26)24-23-14/h1-5,10,15H,6-9,11H2,(H,22,27)(H,24,26). The molecule has 0 radical (unpaired) electrons. The summed E-state index contributed by atoms with van der Waals surface area (Å²) in [6.07, 6.45) is -4.21. The van der Waals surface area contributed by atoms with Crippen LogP contribution in [0.25, 0.3) is 0 Å². The van der Waals surface area contributed by atoms with Gasteiger partial charge in [-0.1, -0.05) is 30.3 Å². The summed E-state index contributed by atoms with van der Waals surface area (Å²) in [5, 5.41) is 8.31. The van der Waals surface area contributed by atoms with Crippen molar-refractivity contribution >= 4 is 6.03 Å². The number of amides is 2. The highest BCUT2D eigenvalue weighted by atomic mass is 19.4. The minimum atomic E-state index is -4.54. The zero-order valence-corrected chi connectivity index (χ0v) is 14.4. The Balaban J connectivity index is 1.65. The van der Waals surface area contributed by atoms with Crippen LogP contribution >= 0.6 is 0 Å². The highest BCUT2D eigenvalue weighted by Gasteiger charge is 2.41. The predicted molar refractivity (Wildman–Crippen MR) is 92.1 cm³/mol. The molecule has 1 atom stereocenters. The summed E-state index contributed by atoms with van der Waals surface area (Å²) < 4.78 is 40.1. The molecule has 1 unspecified atom stereocenters. The number of urea groups is 1. The first-order valence-corrected chi connectivity index (χ1v) is 8.56. The van der Waals surface area contributed by atoms with Crippen molar-refractivity contribution in [1.82, 2.24) is 20.4 Å². The highest BCUT2D eigenvalue weighted by Crippen LogP contribution is 2.24. The van der Waals surface area contributed by atoms with E-state index in [1.807, 2.05) is 0 Å². The molecule has 0 saturated heterocycles. The maximum absolute atomic E-state index is 13.4. The number of hydrogen-bond donors (Lipinski definition) is 2. The lowest BCUT2D eigenvalue weighted by Crippen LogP contribution is -2.52. The Bertz CT molecular complexity index is 852. The fourth-order valence-corrected chi connectivity index (χ4v) is 3.03. The molecule has 2 N–H and O–H groups in total. The van der Waals surface area contributed by atoms with Crippen LogP contribution in [0.1, 0.15) is 23.2 Å². The number of aromatic amines is 1. The molecule has 0 bridgehead atoms. The van der Waals surface area contributed by atoms with E-state index < -0.39 is 23.8 Å². The van der Waals surface area contributed by atoms with Crippen LogP contribution in [0.3, 0.4) is 0 Å². The van der Waals surface area contributed by atoms with E-state index in [4.69, 9.17) is 0 Å². The Morgan fingerprint density at radius 3 is 2.74 bits per heavy atom. The highest BCUT2D eigenvalue weighted by molar-refractivity contribution is 5.75. The van der Waals surface area contributed by atoms with Crippen molar-refractivity contribution in [3.05, 3.63) is 63.6 Å². The average molecular weight is 380 g/mol. The maximum atomic E-state index is 13.4. The number of hydrogen-bond acceptors (Lipinski definition) is 3. The summed E-state index contributed by atoms with van der Waals surface area (Å²) in [4.78, 5) is 25.0. The third-order valence-electron chi connectivity index (χ3n) is 4.50. The van der Waals surface area contributed by atoms with Gasteiger partial charge >= 0.3 is 12.2 Å². The molecule has 1 aliphatic rings. The van der Waals surface area contributed by atoms with Crippen molar-refractivity contribution in [2.45, 2.75) is 38.0 Å². The fourth-order valence-electron chi connectivity index (χ4n) is 3.03. The number of rotatable bonds is 4. The van der Waals surface area contributed by atoms with E-state index >= 15 is 0 Å². The molecule has 0 spiro atoms. The van der Waals surface area contributed by atoms with Gasteiger partial charge < -0.3 is 10.2 Å². The van der Waals surface area contributed by atoms with Gasteiger partial charge in [0.1, 0.15) is 6.04 Å². The number of alkyl halides is 3. The zero-order chi connectivity index (χ0) is 19.4. The second kappa shape index (κ2) is 7.81. The van der Waals surface area contributed by atoms with Gasteiger partial charge in [-0.05, 0) is 18.4 Å². The van der Waals surface area contributed by atoms with E-state index in [2.05, 4.69) is 15.5 Å². The normalized spacial score (nSPS) is 15.1. The Morgan fingerprint density at radius 2 is 2.04 bits per heavy atom. The number of carbonyl (C=O) groups is 1. The average Bonchev–Trinajstić information content (AvgIpc) is 2.64. The lowest BCUT2D eigenvalue weighted by Gasteiger charge is -2.30. The van der Waals surface area contributed by atoms with E-state index in [9.17, 15) is 22.8 Å². The molecule has 1 aliphatic heterocycles. The largest absolute Gasteiger partial charge is 0.408 e. The smallest absolute Gasteiger partial charge is 0.326 e. The van der Waals surface area contributed by atoms with Crippen LogP contribution in [-0.4, -0.2) is 39.9 Å². The monoisotopic (exact) mass is 380 g/mol. The van der Waals surface area contributed by atoms with Crippen molar-refractivity contribution in [3.63, 3.8) is 0 Å². The molecule has 2 aromatic rings. The van der Waals surface area contributed by atoms with Crippen LogP contribution in [-0.2, 0) is 19.4 Å². The number of aryl methyl sites for hydroxylation is 1. The van der Waals surface area contributed by atoms with Crippen molar-refractivity contribution in [2.75, 3.05) is 6.54 Å². The first-order valence-electron chi connectivity index (χ1n) is 8.56. The van der Waals surface area contributed by atoms with E-state index in [0.717, 1.165) is 5.56 Å². The zero-order valence-electron chi connectivity index (χ0n) is 14.4. The van der Waals surface area contributed by atoms with Gasteiger partial charge in [-0.2, -0.15) is 18.3 Å². The number of aromatic nitrogens is 2. The summed E-state index contributed by atoms with van der Waals surface area (Å²) in [6.45, 7) is 0.294. The summed E-state index contributed by atoms with van der Waals surface area (Å²) >= 11 is 0. The lowest BCUT2D eigenvalue weighted by atomic mass is 10.0. The maximum Gasteiger partial charge on any atom is 0.408 e. The molecule has 27 heavy (non-hydrogen) atoms. The van der Waals surface area contributed by atoms with Crippen molar-refractivity contribution in [1.29, 1.82) is 0 Å².